The topological polar surface area (TPSA) is 88.1 Å². The molecule has 4 heterocycles. The molecule has 1 saturated heterocycles. The van der Waals surface area contributed by atoms with E-state index in [9.17, 15) is 4.79 Å². The van der Waals surface area contributed by atoms with E-state index in [4.69, 9.17) is 4.74 Å². The molecule has 128 valence electrons. The standard InChI is InChI=1S/C16H22N6O2/c1-21-10-13(9-18-21)19-14(23)11-22-5-3-16(4-6-22)15-12(2-7-24-16)8-17-20-15/h8-10H,2-7,11H2,1H3,(H,17,20)(H,19,23). The summed E-state index contributed by atoms with van der Waals surface area (Å²) in [5, 5.41) is 14.2. The van der Waals surface area contributed by atoms with Gasteiger partial charge in [-0.25, -0.2) is 0 Å². The molecule has 2 N–H and O–H groups in total. The van der Waals surface area contributed by atoms with Crippen LogP contribution in [-0.2, 0) is 28.6 Å². The molecular weight excluding hydrogens is 308 g/mol. The first-order valence-corrected chi connectivity index (χ1v) is 8.32. The van der Waals surface area contributed by atoms with Crippen LogP contribution in [0.1, 0.15) is 24.1 Å². The van der Waals surface area contributed by atoms with Gasteiger partial charge in [-0.05, 0) is 24.8 Å². The van der Waals surface area contributed by atoms with Gasteiger partial charge in [-0.3, -0.25) is 19.5 Å². The van der Waals surface area contributed by atoms with Crippen LogP contribution in [0.2, 0.25) is 0 Å². The second-order valence-corrected chi connectivity index (χ2v) is 6.59. The lowest BCUT2D eigenvalue weighted by Crippen LogP contribution is -2.48. The fourth-order valence-corrected chi connectivity index (χ4v) is 3.68. The minimum atomic E-state index is -0.250. The van der Waals surface area contributed by atoms with Crippen LogP contribution in [0.5, 0.6) is 0 Å². The van der Waals surface area contributed by atoms with Crippen LogP contribution < -0.4 is 5.32 Å². The van der Waals surface area contributed by atoms with E-state index in [1.54, 1.807) is 17.1 Å². The van der Waals surface area contributed by atoms with Gasteiger partial charge in [0.15, 0.2) is 0 Å². The minimum absolute atomic E-state index is 0.00857. The summed E-state index contributed by atoms with van der Waals surface area (Å²) in [4.78, 5) is 14.3. The van der Waals surface area contributed by atoms with Crippen LogP contribution in [0, 0.1) is 0 Å². The Labute approximate surface area is 140 Å². The molecule has 0 aromatic carbocycles. The third kappa shape index (κ3) is 2.83. The Balaban J connectivity index is 1.35. The highest BCUT2D eigenvalue weighted by Gasteiger charge is 2.42. The van der Waals surface area contributed by atoms with Crippen LogP contribution in [0.15, 0.2) is 18.6 Å². The van der Waals surface area contributed by atoms with Gasteiger partial charge in [0, 0.05) is 26.3 Å². The number of fused-ring (bicyclic) bond motifs is 2. The Hall–Kier alpha value is -2.19. The number of amides is 1. The summed E-state index contributed by atoms with van der Waals surface area (Å²) < 4.78 is 7.80. The number of hydrogen-bond acceptors (Lipinski definition) is 5. The third-order valence-electron chi connectivity index (χ3n) is 4.94. The Kier molecular flexibility index (Phi) is 3.85. The van der Waals surface area contributed by atoms with E-state index in [0.717, 1.165) is 50.3 Å². The van der Waals surface area contributed by atoms with Crippen molar-refractivity contribution in [3.8, 4) is 0 Å². The van der Waals surface area contributed by atoms with Crippen molar-refractivity contribution in [3.05, 3.63) is 29.8 Å². The van der Waals surface area contributed by atoms with E-state index in [-0.39, 0.29) is 11.5 Å². The quantitative estimate of drug-likeness (QED) is 0.862. The maximum absolute atomic E-state index is 12.2. The van der Waals surface area contributed by atoms with Gasteiger partial charge in [-0.15, -0.1) is 0 Å². The molecule has 0 aliphatic carbocycles. The number of nitrogens with zero attached hydrogens (tertiary/aromatic N) is 4. The van der Waals surface area contributed by atoms with Crippen molar-refractivity contribution in [1.29, 1.82) is 0 Å². The Morgan fingerprint density at radius 1 is 1.42 bits per heavy atom. The van der Waals surface area contributed by atoms with Crippen LogP contribution in [-0.4, -0.2) is 57.0 Å². The number of nitrogens with one attached hydrogen (secondary N) is 2. The molecule has 0 radical (unpaired) electrons. The predicted molar refractivity (Wildman–Crippen MR) is 87.4 cm³/mol. The number of carbonyl (C=O) groups is 1. The molecule has 2 aliphatic rings. The molecule has 2 aromatic heterocycles. The molecule has 4 rings (SSSR count). The number of aryl methyl sites for hydroxylation is 1. The average Bonchev–Trinajstić information content (AvgIpc) is 3.20. The van der Waals surface area contributed by atoms with Crippen molar-refractivity contribution in [3.63, 3.8) is 0 Å². The van der Waals surface area contributed by atoms with Gasteiger partial charge in [-0.1, -0.05) is 0 Å². The molecule has 1 spiro atoms. The van der Waals surface area contributed by atoms with E-state index in [0.29, 0.717) is 6.54 Å². The normalized spacial score (nSPS) is 20.0. The summed E-state index contributed by atoms with van der Waals surface area (Å²) in [7, 11) is 1.83. The van der Waals surface area contributed by atoms with Crippen molar-refractivity contribution >= 4 is 11.6 Å². The highest BCUT2D eigenvalue weighted by molar-refractivity contribution is 5.91. The van der Waals surface area contributed by atoms with Crippen molar-refractivity contribution in [2.24, 2.45) is 7.05 Å². The smallest absolute Gasteiger partial charge is 0.238 e. The van der Waals surface area contributed by atoms with Gasteiger partial charge in [0.1, 0.15) is 5.60 Å². The second-order valence-electron chi connectivity index (χ2n) is 6.59. The van der Waals surface area contributed by atoms with E-state index < -0.39 is 0 Å². The third-order valence-corrected chi connectivity index (χ3v) is 4.94. The molecule has 0 saturated carbocycles. The molecule has 24 heavy (non-hydrogen) atoms. The van der Waals surface area contributed by atoms with Crippen LogP contribution in [0.3, 0.4) is 0 Å². The SMILES string of the molecule is Cn1cc(NC(=O)CN2CCC3(CC2)OCCc2cn[nH]c23)cn1. The van der Waals surface area contributed by atoms with Crippen molar-refractivity contribution in [2.45, 2.75) is 24.9 Å². The van der Waals surface area contributed by atoms with Gasteiger partial charge < -0.3 is 10.1 Å². The average molecular weight is 330 g/mol. The van der Waals surface area contributed by atoms with Crippen molar-refractivity contribution in [1.82, 2.24) is 24.9 Å². The minimum Gasteiger partial charge on any atom is -0.368 e. The predicted octanol–water partition coefficient (Wildman–Crippen LogP) is 0.646. The van der Waals surface area contributed by atoms with E-state index in [1.807, 2.05) is 13.2 Å². The number of carbonyl (C=O) groups excluding carboxylic acids is 1. The fraction of sp³-hybridized carbons (Fsp3) is 0.562. The molecular formula is C16H22N6O2. The molecule has 1 fully saturated rings. The summed E-state index contributed by atoms with van der Waals surface area (Å²) >= 11 is 0. The number of anilines is 1. The van der Waals surface area contributed by atoms with E-state index >= 15 is 0 Å². The lowest BCUT2D eigenvalue weighted by Gasteiger charge is -2.43. The molecule has 1 amide bonds. The largest absolute Gasteiger partial charge is 0.368 e. The van der Waals surface area contributed by atoms with Crippen LogP contribution in [0.25, 0.3) is 0 Å². The monoisotopic (exact) mass is 330 g/mol. The summed E-state index contributed by atoms with van der Waals surface area (Å²) in [6, 6.07) is 0. The number of likely N-dealkylation sites (tertiary alicyclic amines) is 1. The Morgan fingerprint density at radius 2 is 2.25 bits per heavy atom. The number of H-pyrrole nitrogens is 1. The molecule has 0 unspecified atom stereocenters. The Bertz CT molecular complexity index is 729. The van der Waals surface area contributed by atoms with Gasteiger partial charge >= 0.3 is 0 Å². The number of piperidine rings is 1. The zero-order chi connectivity index (χ0) is 16.6. The van der Waals surface area contributed by atoms with Crippen molar-refractivity contribution in [2.75, 3.05) is 31.6 Å². The second kappa shape index (κ2) is 6.03. The molecule has 8 heteroatoms. The van der Waals surface area contributed by atoms with Gasteiger partial charge in [0.05, 0.1) is 36.9 Å². The Morgan fingerprint density at radius 3 is 3.00 bits per heavy atom. The number of rotatable bonds is 3. The first-order chi connectivity index (χ1) is 11.6. The highest BCUT2D eigenvalue weighted by Crippen LogP contribution is 2.40. The lowest BCUT2D eigenvalue weighted by molar-refractivity contribution is -0.122. The number of hydrogen-bond donors (Lipinski definition) is 2. The van der Waals surface area contributed by atoms with E-state index in [1.165, 1.54) is 5.56 Å². The number of ether oxygens (including phenoxy) is 1. The number of aromatic amines is 1. The highest BCUT2D eigenvalue weighted by atomic mass is 16.5. The number of aromatic nitrogens is 4. The van der Waals surface area contributed by atoms with Gasteiger partial charge in [0.25, 0.3) is 0 Å². The zero-order valence-electron chi connectivity index (χ0n) is 13.8. The fourth-order valence-electron chi connectivity index (χ4n) is 3.68. The molecule has 0 bridgehead atoms. The maximum Gasteiger partial charge on any atom is 0.238 e. The van der Waals surface area contributed by atoms with E-state index in [2.05, 4.69) is 25.5 Å². The summed E-state index contributed by atoms with van der Waals surface area (Å²) in [6.45, 7) is 2.80. The van der Waals surface area contributed by atoms with Gasteiger partial charge in [-0.2, -0.15) is 10.2 Å². The summed E-state index contributed by atoms with van der Waals surface area (Å²) in [5.41, 5.74) is 2.88. The van der Waals surface area contributed by atoms with Crippen LogP contribution >= 0.6 is 0 Å². The van der Waals surface area contributed by atoms with Crippen LogP contribution in [0.4, 0.5) is 5.69 Å². The summed E-state index contributed by atoms with van der Waals surface area (Å²) in [5.74, 6) is -0.00857. The maximum atomic E-state index is 12.2. The zero-order valence-corrected chi connectivity index (χ0v) is 13.8. The molecule has 0 atom stereocenters. The molecule has 8 nitrogen and oxygen atoms in total. The van der Waals surface area contributed by atoms with Gasteiger partial charge in [0.2, 0.25) is 5.91 Å². The molecule has 2 aliphatic heterocycles. The first-order valence-electron chi connectivity index (χ1n) is 8.32. The van der Waals surface area contributed by atoms with Crippen molar-refractivity contribution < 1.29 is 9.53 Å². The first kappa shape index (κ1) is 15.3. The lowest BCUT2D eigenvalue weighted by atomic mass is 9.84. The molecule has 2 aromatic rings. The summed E-state index contributed by atoms with van der Waals surface area (Å²) in [6.07, 6.45) is 8.03.